The molecule has 1 amide bonds. The van der Waals surface area contributed by atoms with Crippen LogP contribution in [0.15, 0.2) is 35.3 Å². The van der Waals surface area contributed by atoms with Gasteiger partial charge in [0, 0.05) is 18.8 Å². The molecule has 0 saturated heterocycles. The molecule has 1 heterocycles. The second-order valence-corrected chi connectivity index (χ2v) is 3.08. The summed E-state index contributed by atoms with van der Waals surface area (Å²) in [5.74, 6) is -0.218. The molecule has 0 atom stereocenters. The first-order valence-corrected chi connectivity index (χ1v) is 4.21. The Morgan fingerprint density at radius 1 is 1.57 bits per heavy atom. The molecule has 74 valence electrons. The third-order valence-electron chi connectivity index (χ3n) is 1.60. The van der Waals surface area contributed by atoms with E-state index in [9.17, 15) is 9.59 Å². The number of carbonyl (C=O) groups is 1. The lowest BCUT2D eigenvalue weighted by atomic mass is 10.2. The lowest BCUT2D eigenvalue weighted by Crippen LogP contribution is -2.25. The lowest BCUT2D eigenvalue weighted by Gasteiger charge is -2.03. The maximum Gasteiger partial charge on any atom is 0.253 e. The van der Waals surface area contributed by atoms with E-state index in [1.165, 1.54) is 18.3 Å². The standard InChI is InChI=1S/C10H12N2O2/c1-7(2)5-12-10(14)8-3-4-9(13)11-6-8/h3-4,6H,1,5H2,2H3,(H,11,13)(H,12,14). The maximum absolute atomic E-state index is 11.4. The van der Waals surface area contributed by atoms with Gasteiger partial charge in [0.15, 0.2) is 0 Å². The molecular formula is C10H12N2O2. The highest BCUT2D eigenvalue weighted by Gasteiger charge is 2.03. The highest BCUT2D eigenvalue weighted by Crippen LogP contribution is 1.93. The quantitative estimate of drug-likeness (QED) is 0.692. The van der Waals surface area contributed by atoms with E-state index in [1.807, 2.05) is 6.92 Å². The van der Waals surface area contributed by atoms with Crippen LogP contribution < -0.4 is 10.9 Å². The third kappa shape index (κ3) is 2.90. The van der Waals surface area contributed by atoms with E-state index in [1.54, 1.807) is 0 Å². The van der Waals surface area contributed by atoms with Crippen molar-refractivity contribution in [3.8, 4) is 0 Å². The summed E-state index contributed by atoms with van der Waals surface area (Å²) in [5.41, 5.74) is 1.09. The largest absolute Gasteiger partial charge is 0.348 e. The van der Waals surface area contributed by atoms with E-state index < -0.39 is 0 Å². The molecule has 4 heteroatoms. The van der Waals surface area contributed by atoms with Gasteiger partial charge in [-0.25, -0.2) is 0 Å². The summed E-state index contributed by atoms with van der Waals surface area (Å²) in [5, 5.41) is 2.66. The molecule has 0 aromatic carbocycles. The molecular weight excluding hydrogens is 180 g/mol. The molecule has 0 spiro atoms. The summed E-state index contributed by atoms with van der Waals surface area (Å²) in [6.45, 7) is 5.93. The minimum Gasteiger partial charge on any atom is -0.348 e. The van der Waals surface area contributed by atoms with Gasteiger partial charge in [-0.05, 0) is 13.0 Å². The first-order chi connectivity index (χ1) is 6.59. The van der Waals surface area contributed by atoms with Crippen LogP contribution in [0, 0.1) is 0 Å². The van der Waals surface area contributed by atoms with Crippen molar-refractivity contribution in [1.29, 1.82) is 0 Å². The van der Waals surface area contributed by atoms with Crippen LogP contribution in [0.5, 0.6) is 0 Å². The molecule has 0 aliphatic heterocycles. The van der Waals surface area contributed by atoms with Crippen molar-refractivity contribution in [2.24, 2.45) is 0 Å². The van der Waals surface area contributed by atoms with Gasteiger partial charge in [0.05, 0.1) is 5.56 Å². The number of amides is 1. The van der Waals surface area contributed by atoms with E-state index >= 15 is 0 Å². The number of hydrogen-bond acceptors (Lipinski definition) is 2. The van der Waals surface area contributed by atoms with Gasteiger partial charge in [0.1, 0.15) is 0 Å². The third-order valence-corrected chi connectivity index (χ3v) is 1.60. The molecule has 2 N–H and O–H groups in total. The highest BCUT2D eigenvalue weighted by molar-refractivity contribution is 5.93. The number of nitrogens with one attached hydrogen (secondary N) is 2. The number of aromatic amines is 1. The SMILES string of the molecule is C=C(C)CNC(=O)c1ccc(=O)[nH]c1. The van der Waals surface area contributed by atoms with E-state index in [4.69, 9.17) is 0 Å². The minimum absolute atomic E-state index is 0.218. The molecule has 0 unspecified atom stereocenters. The van der Waals surface area contributed by atoms with Crippen LogP contribution in [0.2, 0.25) is 0 Å². The highest BCUT2D eigenvalue weighted by atomic mass is 16.1. The van der Waals surface area contributed by atoms with Gasteiger partial charge in [-0.3, -0.25) is 9.59 Å². The van der Waals surface area contributed by atoms with Gasteiger partial charge in [-0.2, -0.15) is 0 Å². The Labute approximate surface area is 81.7 Å². The molecule has 1 aromatic rings. The Balaban J connectivity index is 2.65. The Morgan fingerprint density at radius 3 is 2.79 bits per heavy atom. The van der Waals surface area contributed by atoms with Gasteiger partial charge in [0.2, 0.25) is 5.56 Å². The summed E-state index contributed by atoms with van der Waals surface area (Å²) in [6.07, 6.45) is 1.39. The van der Waals surface area contributed by atoms with Crippen LogP contribution in [-0.2, 0) is 0 Å². The van der Waals surface area contributed by atoms with E-state index in [2.05, 4.69) is 16.9 Å². The number of H-pyrrole nitrogens is 1. The molecule has 0 radical (unpaired) electrons. The zero-order valence-corrected chi connectivity index (χ0v) is 7.96. The van der Waals surface area contributed by atoms with Crippen molar-refractivity contribution in [1.82, 2.24) is 10.3 Å². The van der Waals surface area contributed by atoms with Crippen LogP contribution in [0.25, 0.3) is 0 Å². The second kappa shape index (κ2) is 4.41. The van der Waals surface area contributed by atoms with Gasteiger partial charge in [0.25, 0.3) is 5.91 Å². The number of rotatable bonds is 3. The van der Waals surface area contributed by atoms with Crippen LogP contribution in [0.4, 0.5) is 0 Å². The Hall–Kier alpha value is -1.84. The lowest BCUT2D eigenvalue weighted by molar-refractivity contribution is 0.0956. The molecule has 1 aromatic heterocycles. The second-order valence-electron chi connectivity index (χ2n) is 3.08. The molecule has 14 heavy (non-hydrogen) atoms. The summed E-state index contributed by atoms with van der Waals surface area (Å²) in [4.78, 5) is 24.5. The zero-order chi connectivity index (χ0) is 10.6. The van der Waals surface area contributed by atoms with Gasteiger partial charge in [-0.1, -0.05) is 12.2 Å². The van der Waals surface area contributed by atoms with E-state index in [0.717, 1.165) is 5.57 Å². The minimum atomic E-state index is -0.221. The van der Waals surface area contributed by atoms with Gasteiger partial charge < -0.3 is 10.3 Å². The molecule has 1 rings (SSSR count). The van der Waals surface area contributed by atoms with Crippen molar-refractivity contribution < 1.29 is 4.79 Å². The molecule has 4 nitrogen and oxygen atoms in total. The van der Waals surface area contributed by atoms with Crippen molar-refractivity contribution in [2.45, 2.75) is 6.92 Å². The number of aromatic nitrogens is 1. The fourth-order valence-electron chi connectivity index (χ4n) is 0.885. The normalized spacial score (nSPS) is 9.50. The van der Waals surface area contributed by atoms with Gasteiger partial charge >= 0.3 is 0 Å². The smallest absolute Gasteiger partial charge is 0.253 e. The van der Waals surface area contributed by atoms with Crippen LogP contribution >= 0.6 is 0 Å². The van der Waals surface area contributed by atoms with Crippen LogP contribution in [0.1, 0.15) is 17.3 Å². The summed E-state index contributed by atoms with van der Waals surface area (Å²) < 4.78 is 0. The Morgan fingerprint density at radius 2 is 2.29 bits per heavy atom. The maximum atomic E-state index is 11.4. The average Bonchev–Trinajstić information content (AvgIpc) is 2.15. The zero-order valence-electron chi connectivity index (χ0n) is 7.96. The van der Waals surface area contributed by atoms with Crippen molar-refractivity contribution in [2.75, 3.05) is 6.54 Å². The van der Waals surface area contributed by atoms with Crippen LogP contribution in [0.3, 0.4) is 0 Å². The summed E-state index contributed by atoms with van der Waals surface area (Å²) in [7, 11) is 0. The van der Waals surface area contributed by atoms with Crippen molar-refractivity contribution in [3.05, 3.63) is 46.4 Å². The molecule has 0 aliphatic rings. The first-order valence-electron chi connectivity index (χ1n) is 4.21. The topological polar surface area (TPSA) is 62.0 Å². The molecule has 0 bridgehead atoms. The van der Waals surface area contributed by atoms with Crippen LogP contribution in [-0.4, -0.2) is 17.4 Å². The van der Waals surface area contributed by atoms with E-state index in [0.29, 0.717) is 12.1 Å². The number of carbonyl (C=O) groups excluding carboxylic acids is 1. The van der Waals surface area contributed by atoms with Gasteiger partial charge in [-0.15, -0.1) is 0 Å². The summed E-state index contributed by atoms with van der Waals surface area (Å²) in [6, 6.07) is 2.79. The molecule has 0 saturated carbocycles. The Bertz CT molecular complexity index is 386. The molecule has 0 fully saturated rings. The Kier molecular flexibility index (Phi) is 3.23. The average molecular weight is 192 g/mol. The van der Waals surface area contributed by atoms with E-state index in [-0.39, 0.29) is 11.5 Å². The summed E-state index contributed by atoms with van der Waals surface area (Å²) >= 11 is 0. The number of hydrogen-bond donors (Lipinski definition) is 2. The van der Waals surface area contributed by atoms with Crippen molar-refractivity contribution >= 4 is 5.91 Å². The molecule has 0 aliphatic carbocycles. The fourth-order valence-corrected chi connectivity index (χ4v) is 0.885. The first kappa shape index (κ1) is 10.2. The monoisotopic (exact) mass is 192 g/mol. The predicted octanol–water partition coefficient (Wildman–Crippen LogP) is 0.681. The fraction of sp³-hybridized carbons (Fsp3) is 0.200. The number of pyridine rings is 1. The van der Waals surface area contributed by atoms with Crippen molar-refractivity contribution in [3.63, 3.8) is 0 Å². The predicted molar refractivity (Wildman–Crippen MR) is 54.2 cm³/mol.